The van der Waals surface area contributed by atoms with Crippen molar-refractivity contribution >= 4 is 38.4 Å². The van der Waals surface area contributed by atoms with Gasteiger partial charge in [-0.05, 0) is 49.1 Å². The number of amidine groups is 1. The van der Waals surface area contributed by atoms with Crippen molar-refractivity contribution in [3.8, 4) is 0 Å². The summed E-state index contributed by atoms with van der Waals surface area (Å²) in [6, 6.07) is 15.8. The molecule has 0 spiro atoms. The van der Waals surface area contributed by atoms with Crippen LogP contribution in [0.5, 0.6) is 0 Å². The summed E-state index contributed by atoms with van der Waals surface area (Å²) in [5.74, 6) is 0.0726. The first-order chi connectivity index (χ1) is 13.8. The molecule has 2 aliphatic rings. The third-order valence-corrected chi connectivity index (χ3v) is 8.74. The summed E-state index contributed by atoms with van der Waals surface area (Å²) in [5.41, 5.74) is 4.31. The van der Waals surface area contributed by atoms with E-state index in [0.29, 0.717) is 18.0 Å². The predicted molar refractivity (Wildman–Crippen MR) is 119 cm³/mol. The molecule has 0 aliphatic carbocycles. The maximum absolute atomic E-state index is 12.6. The lowest BCUT2D eigenvalue weighted by molar-refractivity contribution is -0.117. The summed E-state index contributed by atoms with van der Waals surface area (Å²) < 4.78 is 24.4. The smallest absolute Gasteiger partial charge is 0.248 e. The molecule has 7 heteroatoms. The second-order valence-electron chi connectivity index (χ2n) is 7.71. The Bertz CT molecular complexity index is 1060. The largest absolute Gasteiger partial charge is 0.316 e. The summed E-state index contributed by atoms with van der Waals surface area (Å²) >= 11 is 1.42. The van der Waals surface area contributed by atoms with E-state index in [1.165, 1.54) is 17.3 Å². The van der Waals surface area contributed by atoms with Gasteiger partial charge in [0, 0.05) is 17.4 Å². The first-order valence-corrected chi connectivity index (χ1v) is 12.4. The number of amides is 1. The van der Waals surface area contributed by atoms with Crippen LogP contribution in [-0.4, -0.2) is 42.3 Å². The molecule has 0 unspecified atom stereocenters. The second kappa shape index (κ2) is 7.95. The van der Waals surface area contributed by atoms with Crippen LogP contribution in [0.4, 0.5) is 5.69 Å². The highest BCUT2D eigenvalue weighted by Gasteiger charge is 2.49. The summed E-state index contributed by atoms with van der Waals surface area (Å²) in [5, 5.41) is 0.540. The molecule has 2 aromatic carbocycles. The fraction of sp³-hybridized carbons (Fsp3) is 0.364. The average molecular weight is 429 g/mol. The number of hydrogen-bond acceptors (Lipinski definition) is 4. The average Bonchev–Trinajstić information content (AvgIpc) is 3.14. The van der Waals surface area contributed by atoms with Crippen molar-refractivity contribution in [2.45, 2.75) is 38.0 Å². The van der Waals surface area contributed by atoms with Crippen LogP contribution in [0.25, 0.3) is 0 Å². The monoisotopic (exact) mass is 428 g/mol. The standard InChI is InChI=1S/C22H24N2O3S2/c1-15-8-10-18(12-16(15)2)24-19-13-29(26,27)14-20(19)28-22(24)23-21(25)11-9-17-6-4-3-5-7-17/h3-8,10,12,19-20H,9,11,13-14H2,1-2H3/t19-,20-/m0/s1. The van der Waals surface area contributed by atoms with Gasteiger partial charge >= 0.3 is 0 Å². The van der Waals surface area contributed by atoms with Gasteiger partial charge in [0.25, 0.3) is 0 Å². The minimum atomic E-state index is -3.07. The van der Waals surface area contributed by atoms with Gasteiger partial charge in [0.15, 0.2) is 15.0 Å². The number of aryl methyl sites for hydroxylation is 3. The molecule has 29 heavy (non-hydrogen) atoms. The van der Waals surface area contributed by atoms with Crippen LogP contribution in [-0.2, 0) is 21.1 Å². The number of carbonyl (C=O) groups excluding carboxylic acids is 1. The van der Waals surface area contributed by atoms with Crippen molar-refractivity contribution in [3.63, 3.8) is 0 Å². The SMILES string of the molecule is Cc1ccc(N2C(=NC(=O)CCc3ccccc3)S[C@H]3CS(=O)(=O)C[C@@H]32)cc1C. The molecule has 1 amide bonds. The van der Waals surface area contributed by atoms with Crippen LogP contribution in [0.2, 0.25) is 0 Å². The van der Waals surface area contributed by atoms with Crippen LogP contribution < -0.4 is 4.90 Å². The second-order valence-corrected chi connectivity index (χ2v) is 11.1. The van der Waals surface area contributed by atoms with E-state index in [1.54, 1.807) is 0 Å². The Morgan fingerprint density at radius 1 is 1.10 bits per heavy atom. The van der Waals surface area contributed by atoms with Gasteiger partial charge in [-0.15, -0.1) is 0 Å². The number of rotatable bonds is 4. The summed E-state index contributed by atoms with van der Waals surface area (Å²) in [6.07, 6.45) is 0.981. The Hall–Kier alpha value is -2.12. The van der Waals surface area contributed by atoms with Crippen molar-refractivity contribution in [2.75, 3.05) is 16.4 Å². The zero-order valence-corrected chi connectivity index (χ0v) is 18.2. The Kier molecular flexibility index (Phi) is 5.53. The predicted octanol–water partition coefficient (Wildman–Crippen LogP) is 3.54. The number of thioether (sulfide) groups is 1. The Morgan fingerprint density at radius 2 is 1.86 bits per heavy atom. The minimum Gasteiger partial charge on any atom is -0.316 e. The van der Waals surface area contributed by atoms with Crippen molar-refractivity contribution < 1.29 is 13.2 Å². The number of sulfone groups is 1. The van der Waals surface area contributed by atoms with E-state index in [1.807, 2.05) is 67.3 Å². The van der Waals surface area contributed by atoms with Gasteiger partial charge in [-0.25, -0.2) is 8.42 Å². The lowest BCUT2D eigenvalue weighted by Crippen LogP contribution is -2.37. The van der Waals surface area contributed by atoms with Crippen molar-refractivity contribution in [2.24, 2.45) is 4.99 Å². The van der Waals surface area contributed by atoms with Crippen LogP contribution >= 0.6 is 11.8 Å². The van der Waals surface area contributed by atoms with E-state index in [4.69, 9.17) is 0 Å². The van der Waals surface area contributed by atoms with Crippen LogP contribution in [0.15, 0.2) is 53.5 Å². The van der Waals surface area contributed by atoms with Gasteiger partial charge in [-0.1, -0.05) is 48.2 Å². The Morgan fingerprint density at radius 3 is 2.59 bits per heavy atom. The number of aliphatic imine (C=N–C) groups is 1. The molecule has 0 saturated carbocycles. The molecule has 0 aromatic heterocycles. The van der Waals surface area contributed by atoms with Crippen LogP contribution in [0.3, 0.4) is 0 Å². The fourth-order valence-electron chi connectivity index (χ4n) is 3.80. The van der Waals surface area contributed by atoms with E-state index in [0.717, 1.165) is 16.8 Å². The van der Waals surface area contributed by atoms with Gasteiger partial charge in [-0.3, -0.25) is 4.79 Å². The minimum absolute atomic E-state index is 0.0812. The summed E-state index contributed by atoms with van der Waals surface area (Å²) in [6.45, 7) is 4.08. The molecule has 0 bridgehead atoms. The number of nitrogens with zero attached hydrogens (tertiary/aromatic N) is 2. The number of benzene rings is 2. The molecule has 0 N–H and O–H groups in total. The highest BCUT2D eigenvalue weighted by molar-refractivity contribution is 8.16. The zero-order chi connectivity index (χ0) is 20.6. The first kappa shape index (κ1) is 20.2. The third-order valence-electron chi connectivity index (χ3n) is 5.53. The number of hydrogen-bond donors (Lipinski definition) is 0. The molecule has 5 nitrogen and oxygen atoms in total. The maximum Gasteiger partial charge on any atom is 0.248 e. The lowest BCUT2D eigenvalue weighted by atomic mass is 10.1. The first-order valence-electron chi connectivity index (χ1n) is 9.71. The van der Waals surface area contributed by atoms with Gasteiger partial charge in [-0.2, -0.15) is 4.99 Å². The van der Waals surface area contributed by atoms with Gasteiger partial charge < -0.3 is 4.90 Å². The number of carbonyl (C=O) groups is 1. The van der Waals surface area contributed by atoms with Crippen molar-refractivity contribution in [1.29, 1.82) is 0 Å². The Labute approximate surface area is 176 Å². The van der Waals surface area contributed by atoms with Crippen LogP contribution in [0, 0.1) is 13.8 Å². The highest BCUT2D eigenvalue weighted by atomic mass is 32.2. The Balaban J connectivity index is 1.59. The third kappa shape index (κ3) is 4.41. The molecule has 152 valence electrons. The van der Waals surface area contributed by atoms with E-state index in [-0.39, 0.29) is 28.7 Å². The topological polar surface area (TPSA) is 66.8 Å². The van der Waals surface area contributed by atoms with E-state index >= 15 is 0 Å². The summed E-state index contributed by atoms with van der Waals surface area (Å²) in [4.78, 5) is 18.9. The van der Waals surface area contributed by atoms with Crippen LogP contribution in [0.1, 0.15) is 23.1 Å². The van der Waals surface area contributed by atoms with Crippen molar-refractivity contribution in [3.05, 3.63) is 65.2 Å². The van der Waals surface area contributed by atoms with Gasteiger partial charge in [0.2, 0.25) is 5.91 Å². The molecule has 2 aliphatic heterocycles. The highest BCUT2D eigenvalue weighted by Crippen LogP contribution is 2.41. The molecular weight excluding hydrogens is 404 g/mol. The quantitative estimate of drug-likeness (QED) is 0.745. The van der Waals surface area contributed by atoms with E-state index < -0.39 is 9.84 Å². The molecule has 2 fully saturated rings. The maximum atomic E-state index is 12.6. The van der Waals surface area contributed by atoms with Gasteiger partial charge in [0.05, 0.1) is 17.5 Å². The molecule has 0 radical (unpaired) electrons. The van der Waals surface area contributed by atoms with Crippen molar-refractivity contribution in [1.82, 2.24) is 0 Å². The normalized spacial score (nSPS) is 24.1. The molecular formula is C22H24N2O3S2. The van der Waals surface area contributed by atoms with E-state index in [9.17, 15) is 13.2 Å². The van der Waals surface area contributed by atoms with E-state index in [2.05, 4.69) is 4.99 Å². The fourth-order valence-corrected chi connectivity index (χ4v) is 7.73. The number of fused-ring (bicyclic) bond motifs is 1. The summed E-state index contributed by atoms with van der Waals surface area (Å²) in [7, 11) is -3.07. The van der Waals surface area contributed by atoms with Gasteiger partial charge in [0.1, 0.15) is 0 Å². The molecule has 2 aromatic rings. The molecule has 4 rings (SSSR count). The molecule has 2 atom stereocenters. The lowest BCUT2D eigenvalue weighted by Gasteiger charge is -2.25. The number of anilines is 1. The zero-order valence-electron chi connectivity index (χ0n) is 16.5. The molecule has 2 heterocycles. The molecule has 2 saturated heterocycles.